The van der Waals surface area contributed by atoms with Crippen LogP contribution in [-0.2, 0) is 0 Å². The molecule has 0 fully saturated rings. The standard InChI is InChI=1S/C53H41N5/c1-5-43(35-54-36(2)37(3)55-53(40-21-11-7-12-22-40)56-38(4)39-19-9-6-10-20-39)57-50-28-18-16-26-46(50)48-33-41(30-32-51(48)57)42-29-31-47-45-25-15-17-27-49(45)58(52(47)34-42)44-23-13-8-14-24-44/h5-35H,1,4H2,2-3H3/b43-35+,54-36?,55-37?,56-53?. The number of para-hydroxylation sites is 3. The van der Waals surface area contributed by atoms with Crippen molar-refractivity contribution in [2.45, 2.75) is 13.8 Å². The summed E-state index contributed by atoms with van der Waals surface area (Å²) in [5.74, 6) is 0.577. The summed E-state index contributed by atoms with van der Waals surface area (Å²) in [6.45, 7) is 12.4. The van der Waals surface area contributed by atoms with E-state index in [0.29, 0.717) is 11.5 Å². The second-order valence-corrected chi connectivity index (χ2v) is 14.3. The number of fused-ring (bicyclic) bond motifs is 6. The van der Waals surface area contributed by atoms with Gasteiger partial charge >= 0.3 is 0 Å². The summed E-state index contributed by atoms with van der Waals surface area (Å²) in [6.07, 6.45) is 3.74. The van der Waals surface area contributed by atoms with E-state index in [-0.39, 0.29) is 0 Å². The lowest BCUT2D eigenvalue weighted by Crippen LogP contribution is -2.10. The lowest BCUT2D eigenvalue weighted by atomic mass is 10.0. The molecular formula is C53H41N5. The predicted octanol–water partition coefficient (Wildman–Crippen LogP) is 13.6. The SMILES string of the molecule is C=C/C(=C\N=C(C)C(C)=NC(=NC(=C)c1ccccc1)c1ccccc1)n1c2ccccc2c2cc(-c3ccc4c5ccccc5n(-c5ccccc5)c4c3)ccc21. The lowest BCUT2D eigenvalue weighted by Gasteiger charge is -2.10. The fourth-order valence-corrected chi connectivity index (χ4v) is 7.70. The van der Waals surface area contributed by atoms with Crippen LogP contribution in [0.15, 0.2) is 216 Å². The van der Waals surface area contributed by atoms with Crippen LogP contribution in [-0.4, -0.2) is 26.4 Å². The molecule has 0 aliphatic carbocycles. The lowest BCUT2D eigenvalue weighted by molar-refractivity contribution is 1.18. The summed E-state index contributed by atoms with van der Waals surface area (Å²) in [5, 5.41) is 4.80. The predicted molar refractivity (Wildman–Crippen MR) is 248 cm³/mol. The average molecular weight is 748 g/mol. The van der Waals surface area contributed by atoms with Crippen LogP contribution in [0.5, 0.6) is 0 Å². The van der Waals surface area contributed by atoms with E-state index in [4.69, 9.17) is 15.0 Å². The maximum Gasteiger partial charge on any atom is 0.160 e. The molecule has 0 spiro atoms. The molecule has 278 valence electrons. The third kappa shape index (κ3) is 6.69. The summed E-state index contributed by atoms with van der Waals surface area (Å²) in [5.41, 5.74) is 12.8. The average Bonchev–Trinajstić information content (AvgIpc) is 3.79. The topological polar surface area (TPSA) is 46.9 Å². The molecule has 0 radical (unpaired) electrons. The van der Waals surface area contributed by atoms with Crippen LogP contribution < -0.4 is 0 Å². The molecule has 0 saturated heterocycles. The summed E-state index contributed by atoms with van der Waals surface area (Å²) < 4.78 is 4.60. The fraction of sp³-hybridized carbons (Fsp3) is 0.0377. The zero-order valence-electron chi connectivity index (χ0n) is 32.5. The normalized spacial score (nSPS) is 12.9. The van der Waals surface area contributed by atoms with Gasteiger partial charge in [0.05, 0.1) is 51.1 Å². The summed E-state index contributed by atoms with van der Waals surface area (Å²) in [7, 11) is 0. The minimum Gasteiger partial charge on any atom is -0.309 e. The van der Waals surface area contributed by atoms with Gasteiger partial charge < -0.3 is 9.13 Å². The molecule has 0 aliphatic rings. The second kappa shape index (κ2) is 15.5. The second-order valence-electron chi connectivity index (χ2n) is 14.3. The number of hydrogen-bond acceptors (Lipinski definition) is 2. The van der Waals surface area contributed by atoms with Crippen LogP contribution in [0.25, 0.3) is 71.8 Å². The van der Waals surface area contributed by atoms with Crippen LogP contribution in [0.4, 0.5) is 0 Å². The van der Waals surface area contributed by atoms with Gasteiger partial charge in [0.25, 0.3) is 0 Å². The minimum atomic E-state index is 0.577. The number of aliphatic imine (C=N–C) groups is 3. The molecule has 2 aromatic heterocycles. The van der Waals surface area contributed by atoms with Crippen molar-refractivity contribution in [3.05, 3.63) is 212 Å². The van der Waals surface area contributed by atoms with Gasteiger partial charge in [-0.05, 0) is 79.1 Å². The molecule has 9 aromatic rings. The van der Waals surface area contributed by atoms with Crippen molar-refractivity contribution in [1.29, 1.82) is 0 Å². The quantitative estimate of drug-likeness (QED) is 0.0802. The molecule has 5 heteroatoms. The first-order chi connectivity index (χ1) is 28.5. The van der Waals surface area contributed by atoms with Gasteiger partial charge in [-0.15, -0.1) is 0 Å². The van der Waals surface area contributed by atoms with Crippen LogP contribution in [0, 0.1) is 0 Å². The Bertz CT molecular complexity index is 3140. The zero-order valence-corrected chi connectivity index (χ0v) is 32.5. The molecule has 0 atom stereocenters. The van der Waals surface area contributed by atoms with E-state index in [9.17, 15) is 0 Å². The summed E-state index contributed by atoms with van der Waals surface area (Å²) in [4.78, 5) is 14.8. The van der Waals surface area contributed by atoms with Gasteiger partial charge in [-0.25, -0.2) is 9.98 Å². The molecule has 2 heterocycles. The molecule has 58 heavy (non-hydrogen) atoms. The van der Waals surface area contributed by atoms with Gasteiger partial charge in [0.1, 0.15) is 0 Å². The number of allylic oxidation sites excluding steroid dienone is 2. The largest absolute Gasteiger partial charge is 0.309 e. The number of amidine groups is 1. The maximum atomic E-state index is 4.98. The first-order valence-electron chi connectivity index (χ1n) is 19.4. The van der Waals surface area contributed by atoms with E-state index in [0.717, 1.165) is 66.9 Å². The van der Waals surface area contributed by atoms with E-state index >= 15 is 0 Å². The fourth-order valence-electron chi connectivity index (χ4n) is 7.70. The van der Waals surface area contributed by atoms with Crippen molar-refractivity contribution in [1.82, 2.24) is 9.13 Å². The van der Waals surface area contributed by atoms with Crippen molar-refractivity contribution in [3.8, 4) is 16.8 Å². The molecule has 0 aliphatic heterocycles. The van der Waals surface area contributed by atoms with Crippen molar-refractivity contribution in [3.63, 3.8) is 0 Å². The molecule has 9 rings (SSSR count). The monoisotopic (exact) mass is 747 g/mol. The Hall–Kier alpha value is -7.63. The first-order valence-corrected chi connectivity index (χ1v) is 19.4. The highest BCUT2D eigenvalue weighted by Crippen LogP contribution is 2.38. The van der Waals surface area contributed by atoms with Gasteiger partial charge in [-0.3, -0.25) is 4.99 Å². The molecule has 0 N–H and O–H groups in total. The van der Waals surface area contributed by atoms with E-state index in [2.05, 4.69) is 138 Å². The molecule has 0 amide bonds. The molecule has 0 saturated carbocycles. The Morgan fingerprint density at radius 2 is 1.05 bits per heavy atom. The van der Waals surface area contributed by atoms with E-state index in [1.807, 2.05) is 86.8 Å². The smallest absolute Gasteiger partial charge is 0.160 e. The Morgan fingerprint density at radius 1 is 0.500 bits per heavy atom. The molecule has 7 aromatic carbocycles. The van der Waals surface area contributed by atoms with E-state index < -0.39 is 0 Å². The summed E-state index contributed by atoms with van der Waals surface area (Å²) >= 11 is 0. The van der Waals surface area contributed by atoms with Crippen LogP contribution >= 0.6 is 0 Å². The van der Waals surface area contributed by atoms with Gasteiger partial charge in [0.15, 0.2) is 5.84 Å². The van der Waals surface area contributed by atoms with Gasteiger partial charge in [-0.2, -0.15) is 0 Å². The number of aromatic nitrogens is 2. The van der Waals surface area contributed by atoms with Crippen molar-refractivity contribution >= 4 is 72.3 Å². The minimum absolute atomic E-state index is 0.577. The van der Waals surface area contributed by atoms with Crippen molar-refractivity contribution < 1.29 is 0 Å². The zero-order chi connectivity index (χ0) is 39.6. The molecule has 5 nitrogen and oxygen atoms in total. The third-order valence-corrected chi connectivity index (χ3v) is 10.7. The number of benzene rings is 7. The third-order valence-electron chi connectivity index (χ3n) is 10.7. The Kier molecular flexibility index (Phi) is 9.62. The maximum absolute atomic E-state index is 4.98. The highest BCUT2D eigenvalue weighted by molar-refractivity contribution is 6.42. The van der Waals surface area contributed by atoms with Crippen molar-refractivity contribution in [2.24, 2.45) is 15.0 Å². The summed E-state index contributed by atoms with van der Waals surface area (Å²) in [6, 6.07) is 61.2. The van der Waals surface area contributed by atoms with Crippen LogP contribution in [0.1, 0.15) is 25.0 Å². The van der Waals surface area contributed by atoms with E-state index in [1.54, 1.807) is 0 Å². The first kappa shape index (κ1) is 36.0. The molecule has 0 unspecified atom stereocenters. The van der Waals surface area contributed by atoms with Gasteiger partial charge in [-0.1, -0.05) is 147 Å². The number of rotatable bonds is 9. The Balaban J connectivity index is 1.11. The molecule has 0 bridgehead atoms. The van der Waals surface area contributed by atoms with Crippen molar-refractivity contribution in [2.75, 3.05) is 0 Å². The highest BCUT2D eigenvalue weighted by Gasteiger charge is 2.16. The van der Waals surface area contributed by atoms with Gasteiger partial charge in [0.2, 0.25) is 0 Å². The number of hydrogen-bond donors (Lipinski definition) is 0. The number of nitrogens with zero attached hydrogens (tertiary/aromatic N) is 5. The van der Waals surface area contributed by atoms with Crippen LogP contribution in [0.2, 0.25) is 0 Å². The Morgan fingerprint density at radius 3 is 1.76 bits per heavy atom. The Labute approximate surface area is 338 Å². The highest BCUT2D eigenvalue weighted by atomic mass is 15.0. The van der Waals surface area contributed by atoms with E-state index in [1.165, 1.54) is 21.8 Å². The van der Waals surface area contributed by atoms with Crippen LogP contribution in [0.3, 0.4) is 0 Å². The van der Waals surface area contributed by atoms with Gasteiger partial charge in [0, 0.05) is 32.8 Å². The molecular weight excluding hydrogens is 707 g/mol.